The topological polar surface area (TPSA) is 46.9 Å². The quantitative estimate of drug-likeness (QED) is 0.718. The molecule has 1 amide bonds. The molecule has 0 unspecified atom stereocenters. The zero-order valence-electron chi connectivity index (χ0n) is 11.9. The number of hydrogen-bond donors (Lipinski definition) is 1. The van der Waals surface area contributed by atoms with Crippen LogP contribution in [0.4, 0.5) is 14.5 Å². The molecule has 0 spiro atoms. The summed E-state index contributed by atoms with van der Waals surface area (Å²) in [7, 11) is 0. The van der Waals surface area contributed by atoms with E-state index < -0.39 is 5.76 Å². The van der Waals surface area contributed by atoms with Gasteiger partial charge in [0.2, 0.25) is 5.91 Å². The van der Waals surface area contributed by atoms with Crippen molar-refractivity contribution in [3.05, 3.63) is 54.6 Å². The second-order valence-corrected chi connectivity index (χ2v) is 5.72. The van der Waals surface area contributed by atoms with E-state index in [1.165, 1.54) is 4.57 Å². The van der Waals surface area contributed by atoms with Crippen LogP contribution in [-0.4, -0.2) is 21.2 Å². The van der Waals surface area contributed by atoms with Gasteiger partial charge >= 0.3 is 0 Å². The molecular formula is C16H13F2N3OS. The standard InChI is InChI=1S/C16H13F2N3OS/c17-15(18)23-16-20-12-8-4-5-9-13(12)21(16)10-14(22)19-11-6-2-1-3-7-11/h1-9,15H,10H2,(H,19,22). The Morgan fingerprint density at radius 2 is 1.83 bits per heavy atom. The number of nitrogens with zero attached hydrogens (tertiary/aromatic N) is 2. The minimum absolute atomic E-state index is 0.0789. The SMILES string of the molecule is O=C(Cn1c(SC(F)F)nc2ccccc21)Nc1ccccc1. The fourth-order valence-corrected chi connectivity index (χ4v) is 2.84. The van der Waals surface area contributed by atoms with Gasteiger partial charge in [0.25, 0.3) is 5.76 Å². The van der Waals surface area contributed by atoms with Crippen LogP contribution in [0.25, 0.3) is 11.0 Å². The number of halogens is 2. The first-order chi connectivity index (χ1) is 11.1. The fraction of sp³-hybridized carbons (Fsp3) is 0.125. The van der Waals surface area contributed by atoms with Crippen LogP contribution in [0.1, 0.15) is 0 Å². The number of aromatic nitrogens is 2. The first-order valence-corrected chi connectivity index (χ1v) is 7.76. The summed E-state index contributed by atoms with van der Waals surface area (Å²) in [6.07, 6.45) is 0. The molecule has 0 bridgehead atoms. The first-order valence-electron chi connectivity index (χ1n) is 6.88. The van der Waals surface area contributed by atoms with Gasteiger partial charge in [-0.3, -0.25) is 4.79 Å². The molecule has 1 aromatic heterocycles. The van der Waals surface area contributed by atoms with Crippen LogP contribution in [0.15, 0.2) is 59.8 Å². The van der Waals surface area contributed by atoms with Gasteiger partial charge in [0.15, 0.2) is 5.16 Å². The Balaban J connectivity index is 1.87. The van der Waals surface area contributed by atoms with Gasteiger partial charge in [0, 0.05) is 5.69 Å². The number of para-hydroxylation sites is 3. The van der Waals surface area contributed by atoms with Gasteiger partial charge in [0.05, 0.1) is 11.0 Å². The van der Waals surface area contributed by atoms with Crippen molar-refractivity contribution >= 4 is 34.4 Å². The molecule has 3 aromatic rings. The number of anilines is 1. The number of hydrogen-bond acceptors (Lipinski definition) is 3. The van der Waals surface area contributed by atoms with Gasteiger partial charge in [-0.15, -0.1) is 0 Å². The Morgan fingerprint density at radius 3 is 2.57 bits per heavy atom. The monoisotopic (exact) mass is 333 g/mol. The average molecular weight is 333 g/mol. The van der Waals surface area contributed by atoms with Gasteiger partial charge in [-0.05, 0) is 36.0 Å². The van der Waals surface area contributed by atoms with E-state index in [-0.39, 0.29) is 17.6 Å². The molecule has 0 radical (unpaired) electrons. The maximum absolute atomic E-state index is 12.7. The van der Waals surface area contributed by atoms with Crippen molar-refractivity contribution in [2.24, 2.45) is 0 Å². The lowest BCUT2D eigenvalue weighted by molar-refractivity contribution is -0.116. The zero-order valence-corrected chi connectivity index (χ0v) is 12.8. The molecule has 0 atom stereocenters. The third kappa shape index (κ3) is 3.68. The lowest BCUT2D eigenvalue weighted by Crippen LogP contribution is -2.19. The number of benzene rings is 2. The summed E-state index contributed by atoms with van der Waals surface area (Å²) in [6.45, 7) is -0.0789. The molecule has 0 fully saturated rings. The molecular weight excluding hydrogens is 320 g/mol. The van der Waals surface area contributed by atoms with Crippen molar-refractivity contribution in [1.29, 1.82) is 0 Å². The zero-order chi connectivity index (χ0) is 16.2. The Kier molecular flexibility index (Phi) is 4.57. The number of alkyl halides is 2. The van der Waals surface area contributed by atoms with E-state index in [1.54, 1.807) is 48.5 Å². The van der Waals surface area contributed by atoms with Crippen molar-refractivity contribution in [2.45, 2.75) is 17.5 Å². The number of nitrogens with one attached hydrogen (secondary N) is 1. The van der Waals surface area contributed by atoms with Crippen molar-refractivity contribution in [3.8, 4) is 0 Å². The van der Waals surface area contributed by atoms with Crippen molar-refractivity contribution in [1.82, 2.24) is 9.55 Å². The van der Waals surface area contributed by atoms with Gasteiger partial charge < -0.3 is 9.88 Å². The highest BCUT2D eigenvalue weighted by Crippen LogP contribution is 2.28. The minimum atomic E-state index is -2.59. The maximum Gasteiger partial charge on any atom is 0.291 e. The Morgan fingerprint density at radius 1 is 1.13 bits per heavy atom. The fourth-order valence-electron chi connectivity index (χ4n) is 2.24. The summed E-state index contributed by atoms with van der Waals surface area (Å²) in [5, 5.41) is 2.87. The van der Waals surface area contributed by atoms with E-state index in [0.717, 1.165) is 0 Å². The van der Waals surface area contributed by atoms with E-state index in [2.05, 4.69) is 10.3 Å². The van der Waals surface area contributed by atoms with Crippen LogP contribution in [0.3, 0.4) is 0 Å². The molecule has 23 heavy (non-hydrogen) atoms. The predicted octanol–water partition coefficient (Wildman–Crippen LogP) is 3.99. The second kappa shape index (κ2) is 6.78. The van der Waals surface area contributed by atoms with Crippen LogP contribution in [0.5, 0.6) is 0 Å². The van der Waals surface area contributed by atoms with Crippen molar-refractivity contribution in [2.75, 3.05) is 5.32 Å². The molecule has 7 heteroatoms. The second-order valence-electron chi connectivity index (χ2n) is 4.76. The highest BCUT2D eigenvalue weighted by molar-refractivity contribution is 7.99. The van der Waals surface area contributed by atoms with Crippen LogP contribution < -0.4 is 5.32 Å². The molecule has 118 valence electrons. The van der Waals surface area contributed by atoms with E-state index in [1.807, 2.05) is 6.07 Å². The van der Waals surface area contributed by atoms with Crippen LogP contribution >= 0.6 is 11.8 Å². The highest BCUT2D eigenvalue weighted by atomic mass is 32.2. The molecule has 1 N–H and O–H groups in total. The summed E-state index contributed by atoms with van der Waals surface area (Å²) in [4.78, 5) is 16.4. The molecule has 0 aliphatic carbocycles. The Labute approximate surface area is 135 Å². The number of carbonyl (C=O) groups excluding carboxylic acids is 1. The van der Waals surface area contributed by atoms with E-state index in [0.29, 0.717) is 28.5 Å². The number of fused-ring (bicyclic) bond motifs is 1. The summed E-state index contributed by atoms with van der Waals surface area (Å²) in [5.74, 6) is -2.89. The van der Waals surface area contributed by atoms with E-state index in [9.17, 15) is 13.6 Å². The normalized spacial score (nSPS) is 11.1. The lowest BCUT2D eigenvalue weighted by Gasteiger charge is -2.09. The third-order valence-corrected chi connectivity index (χ3v) is 3.87. The summed E-state index contributed by atoms with van der Waals surface area (Å²) in [6, 6.07) is 16.0. The van der Waals surface area contributed by atoms with Gasteiger partial charge in [-0.25, -0.2) is 4.98 Å². The minimum Gasteiger partial charge on any atom is -0.325 e. The van der Waals surface area contributed by atoms with E-state index in [4.69, 9.17) is 0 Å². The Hall–Kier alpha value is -2.41. The summed E-state index contributed by atoms with van der Waals surface area (Å²) in [5.41, 5.74) is 1.90. The van der Waals surface area contributed by atoms with Crippen LogP contribution in [0.2, 0.25) is 0 Å². The molecule has 1 heterocycles. The molecule has 0 aliphatic rings. The molecule has 4 nitrogen and oxygen atoms in total. The molecule has 0 saturated heterocycles. The van der Waals surface area contributed by atoms with E-state index >= 15 is 0 Å². The lowest BCUT2D eigenvalue weighted by atomic mass is 10.3. The Bertz CT molecular complexity index is 821. The first kappa shape index (κ1) is 15.5. The predicted molar refractivity (Wildman–Crippen MR) is 86.7 cm³/mol. The maximum atomic E-state index is 12.7. The van der Waals surface area contributed by atoms with Gasteiger partial charge in [-0.1, -0.05) is 30.3 Å². The van der Waals surface area contributed by atoms with Crippen molar-refractivity contribution < 1.29 is 13.6 Å². The van der Waals surface area contributed by atoms with Gasteiger partial charge in [0.1, 0.15) is 6.54 Å². The largest absolute Gasteiger partial charge is 0.325 e. The highest BCUT2D eigenvalue weighted by Gasteiger charge is 2.17. The number of thioether (sulfide) groups is 1. The van der Waals surface area contributed by atoms with Crippen molar-refractivity contribution in [3.63, 3.8) is 0 Å². The number of amides is 1. The molecule has 0 aliphatic heterocycles. The number of rotatable bonds is 5. The van der Waals surface area contributed by atoms with Crippen LogP contribution in [-0.2, 0) is 11.3 Å². The third-order valence-electron chi connectivity index (χ3n) is 3.17. The average Bonchev–Trinajstić information content (AvgIpc) is 2.85. The smallest absolute Gasteiger partial charge is 0.291 e. The number of carbonyl (C=O) groups is 1. The molecule has 3 rings (SSSR count). The summed E-state index contributed by atoms with van der Waals surface area (Å²) >= 11 is 0.338. The van der Waals surface area contributed by atoms with Gasteiger partial charge in [-0.2, -0.15) is 8.78 Å². The molecule has 0 saturated carbocycles. The number of imidazole rings is 1. The summed E-state index contributed by atoms with van der Waals surface area (Å²) < 4.78 is 26.9. The van der Waals surface area contributed by atoms with Crippen LogP contribution in [0, 0.1) is 0 Å². The molecule has 2 aromatic carbocycles.